The summed E-state index contributed by atoms with van der Waals surface area (Å²) in [6, 6.07) is 20.4. The van der Waals surface area contributed by atoms with Crippen molar-refractivity contribution in [3.8, 4) is 16.9 Å². The number of ether oxygens (including phenoxy) is 1. The van der Waals surface area contributed by atoms with Gasteiger partial charge in [-0.15, -0.1) is 10.1 Å². The van der Waals surface area contributed by atoms with E-state index in [9.17, 15) is 29.5 Å². The van der Waals surface area contributed by atoms with Crippen LogP contribution in [0.25, 0.3) is 28.1 Å². The molecule has 41 heavy (non-hydrogen) atoms. The fourth-order valence-electron chi connectivity index (χ4n) is 4.77. The van der Waals surface area contributed by atoms with Gasteiger partial charge in [-0.3, -0.25) is 4.79 Å². The van der Waals surface area contributed by atoms with Crippen molar-refractivity contribution in [1.29, 1.82) is 0 Å². The molecule has 9 nitrogen and oxygen atoms in total. The van der Waals surface area contributed by atoms with Crippen molar-refractivity contribution in [2.45, 2.75) is 51.5 Å². The first-order chi connectivity index (χ1) is 19.6. The molecule has 2 atom stereocenters. The minimum Gasteiger partial charge on any atom is -0.426 e. The number of rotatable bonds is 12. The van der Waals surface area contributed by atoms with Crippen LogP contribution in [0, 0.1) is 15.9 Å². The molecule has 10 heteroatoms. The Morgan fingerprint density at radius 3 is 2.44 bits per heavy atom. The van der Waals surface area contributed by atoms with Gasteiger partial charge in [0.05, 0.1) is 18.6 Å². The molecule has 0 fully saturated rings. The molecule has 1 aromatic heterocycles. The third-order valence-electron chi connectivity index (χ3n) is 6.51. The molecule has 0 radical (unpaired) electrons. The zero-order chi connectivity index (χ0) is 29.5. The van der Waals surface area contributed by atoms with Crippen molar-refractivity contribution < 1.29 is 34.1 Å². The highest BCUT2D eigenvalue weighted by Gasteiger charge is 2.20. The molecule has 0 bridgehead atoms. The summed E-state index contributed by atoms with van der Waals surface area (Å²) in [5, 5.41) is 31.7. The Kier molecular flexibility index (Phi) is 9.49. The average Bonchev–Trinajstić information content (AvgIpc) is 3.26. The Morgan fingerprint density at radius 2 is 1.73 bits per heavy atom. The van der Waals surface area contributed by atoms with Crippen LogP contribution in [0.2, 0.25) is 0 Å². The minimum absolute atomic E-state index is 0.0740. The molecule has 0 amide bonds. The van der Waals surface area contributed by atoms with Crippen LogP contribution in [0.1, 0.15) is 44.0 Å². The van der Waals surface area contributed by atoms with E-state index < -0.39 is 36.3 Å². The highest BCUT2D eigenvalue weighted by molar-refractivity contribution is 6.01. The number of halogens is 1. The molecule has 4 aromatic rings. The lowest BCUT2D eigenvalue weighted by Crippen LogP contribution is -2.22. The Hall–Kier alpha value is -4.54. The molecule has 0 spiro atoms. The second-order valence-corrected chi connectivity index (χ2v) is 9.85. The van der Waals surface area contributed by atoms with Gasteiger partial charge in [0.1, 0.15) is 18.2 Å². The van der Waals surface area contributed by atoms with Gasteiger partial charge >= 0.3 is 5.97 Å². The summed E-state index contributed by atoms with van der Waals surface area (Å²) in [4.78, 5) is 27.3. The van der Waals surface area contributed by atoms with E-state index in [1.165, 1.54) is 24.3 Å². The van der Waals surface area contributed by atoms with E-state index in [2.05, 4.69) is 9.40 Å². The lowest BCUT2D eigenvalue weighted by Gasteiger charge is -2.15. The summed E-state index contributed by atoms with van der Waals surface area (Å²) in [7, 11) is 0. The van der Waals surface area contributed by atoms with Crippen molar-refractivity contribution in [2.75, 3.05) is 0 Å². The van der Waals surface area contributed by atoms with E-state index in [0.29, 0.717) is 5.56 Å². The van der Waals surface area contributed by atoms with Crippen LogP contribution in [0.4, 0.5) is 4.39 Å². The molecular formula is C31H31FN2O7. The second-order valence-electron chi connectivity index (χ2n) is 9.85. The zero-order valence-corrected chi connectivity index (χ0v) is 22.6. The van der Waals surface area contributed by atoms with Crippen molar-refractivity contribution in [2.24, 2.45) is 0 Å². The predicted octanol–water partition coefficient (Wildman–Crippen LogP) is 5.86. The Balaban J connectivity index is 1.49. The fourth-order valence-corrected chi connectivity index (χ4v) is 4.77. The number of aliphatic hydroxyl groups is 2. The van der Waals surface area contributed by atoms with Crippen LogP contribution in [-0.2, 0) is 16.2 Å². The summed E-state index contributed by atoms with van der Waals surface area (Å²) in [5.74, 6) is -1.02. The second kappa shape index (κ2) is 13.2. The molecule has 0 saturated heterocycles. The van der Waals surface area contributed by atoms with Gasteiger partial charge in [-0.05, 0) is 49.8 Å². The highest BCUT2D eigenvalue weighted by atomic mass is 19.1. The molecular weight excluding hydrogens is 531 g/mol. The Labute approximate surface area is 236 Å². The quantitative estimate of drug-likeness (QED) is 0.0960. The number of aromatic nitrogens is 1. The van der Waals surface area contributed by atoms with Crippen LogP contribution >= 0.6 is 0 Å². The number of carbonyl (C=O) groups is 1. The predicted molar refractivity (Wildman–Crippen MR) is 152 cm³/mol. The first-order valence-corrected chi connectivity index (χ1v) is 13.1. The molecule has 0 aliphatic carbocycles. The monoisotopic (exact) mass is 562 g/mol. The summed E-state index contributed by atoms with van der Waals surface area (Å²) in [6.45, 7) is 3.70. The molecule has 0 aliphatic rings. The lowest BCUT2D eigenvalue weighted by atomic mass is 10.0. The number of fused-ring (bicyclic) bond motifs is 1. The standard InChI is InChI=1S/C31H31FN2O7/c1-20(2)33-27-9-5-4-8-26(27)31(21-11-13-23(32)14-12-21)28(33)16-15-24(35)17-25(36)18-30(37)41-29-10-6-3-7-22(29)19-40-34(38)39/h3-16,20,24-25,35-36H,17-19H2,1-2H3/b16-15+/t24-,25-/m0/s1. The maximum absolute atomic E-state index is 13.7. The van der Waals surface area contributed by atoms with Crippen molar-refractivity contribution in [3.63, 3.8) is 0 Å². The maximum atomic E-state index is 13.7. The van der Waals surface area contributed by atoms with Gasteiger partial charge in [0.25, 0.3) is 5.09 Å². The fraction of sp³-hybridized carbons (Fsp3) is 0.258. The number of hydrogen-bond acceptors (Lipinski definition) is 7. The summed E-state index contributed by atoms with van der Waals surface area (Å²) in [6.07, 6.45) is 0.502. The van der Waals surface area contributed by atoms with Crippen LogP contribution in [-0.4, -0.2) is 38.0 Å². The molecule has 3 aromatic carbocycles. The van der Waals surface area contributed by atoms with Gasteiger partial charge in [-0.2, -0.15) is 0 Å². The van der Waals surface area contributed by atoms with Gasteiger partial charge in [0, 0.05) is 40.2 Å². The van der Waals surface area contributed by atoms with E-state index >= 15 is 0 Å². The number of carbonyl (C=O) groups excluding carboxylic acids is 1. The van der Waals surface area contributed by atoms with Gasteiger partial charge < -0.3 is 24.4 Å². The number of para-hydroxylation sites is 2. The topological polar surface area (TPSA) is 124 Å². The molecule has 4 rings (SSSR count). The molecule has 2 N–H and O–H groups in total. The number of esters is 1. The lowest BCUT2D eigenvalue weighted by molar-refractivity contribution is -0.763. The third kappa shape index (κ3) is 7.36. The van der Waals surface area contributed by atoms with Crippen molar-refractivity contribution >= 4 is 22.9 Å². The van der Waals surface area contributed by atoms with Crippen LogP contribution in [0.3, 0.4) is 0 Å². The normalized spacial score (nSPS) is 13.0. The molecule has 0 unspecified atom stereocenters. The summed E-state index contributed by atoms with van der Waals surface area (Å²) in [5.41, 5.74) is 3.81. The maximum Gasteiger partial charge on any atom is 0.313 e. The van der Waals surface area contributed by atoms with Gasteiger partial charge in [0.2, 0.25) is 0 Å². The van der Waals surface area contributed by atoms with Gasteiger partial charge in [0.15, 0.2) is 0 Å². The van der Waals surface area contributed by atoms with E-state index in [-0.39, 0.29) is 24.0 Å². The third-order valence-corrected chi connectivity index (χ3v) is 6.51. The van der Waals surface area contributed by atoms with Crippen LogP contribution in [0.15, 0.2) is 78.9 Å². The van der Waals surface area contributed by atoms with Crippen molar-refractivity contribution in [1.82, 2.24) is 4.57 Å². The smallest absolute Gasteiger partial charge is 0.313 e. The van der Waals surface area contributed by atoms with Crippen LogP contribution in [0.5, 0.6) is 5.75 Å². The van der Waals surface area contributed by atoms with Crippen molar-refractivity contribution in [3.05, 3.63) is 106 Å². The Bertz CT molecular complexity index is 1550. The number of benzene rings is 3. The average molecular weight is 563 g/mol. The number of hydrogen-bond donors (Lipinski definition) is 2. The molecule has 0 saturated carbocycles. The number of aliphatic hydroxyl groups excluding tert-OH is 2. The minimum atomic E-state index is -1.21. The van der Waals surface area contributed by atoms with E-state index in [0.717, 1.165) is 27.7 Å². The Morgan fingerprint density at radius 1 is 1.05 bits per heavy atom. The zero-order valence-electron chi connectivity index (χ0n) is 22.6. The van der Waals surface area contributed by atoms with E-state index in [1.54, 1.807) is 36.4 Å². The van der Waals surface area contributed by atoms with E-state index in [1.807, 2.05) is 38.1 Å². The highest BCUT2D eigenvalue weighted by Crippen LogP contribution is 2.38. The van der Waals surface area contributed by atoms with E-state index in [4.69, 9.17) is 4.74 Å². The molecule has 0 aliphatic heterocycles. The largest absolute Gasteiger partial charge is 0.426 e. The first kappa shape index (κ1) is 29.4. The summed E-state index contributed by atoms with van der Waals surface area (Å²) >= 11 is 0. The van der Waals surface area contributed by atoms with Gasteiger partial charge in [-0.25, -0.2) is 4.39 Å². The van der Waals surface area contributed by atoms with Gasteiger partial charge in [-0.1, -0.05) is 54.6 Å². The SMILES string of the molecule is CC(C)n1c(/C=C/[C@H](O)C[C@H](O)CC(=O)Oc2ccccc2CO[N+](=O)[O-])c(-c2ccc(F)cc2)c2ccccc21. The molecule has 214 valence electrons. The first-order valence-electron chi connectivity index (χ1n) is 13.1. The summed E-state index contributed by atoms with van der Waals surface area (Å²) < 4.78 is 21.1. The van der Waals surface area contributed by atoms with Crippen LogP contribution < -0.4 is 4.74 Å². The molecule has 1 heterocycles. The number of nitrogens with zero attached hydrogens (tertiary/aromatic N) is 2.